The van der Waals surface area contributed by atoms with E-state index in [0.717, 1.165) is 0 Å². The predicted molar refractivity (Wildman–Crippen MR) is 204 cm³/mol. The van der Waals surface area contributed by atoms with Crippen molar-refractivity contribution in [3.63, 3.8) is 0 Å². The second-order valence-electron chi connectivity index (χ2n) is 13.9. The summed E-state index contributed by atoms with van der Waals surface area (Å²) in [6.07, 6.45) is 0. The summed E-state index contributed by atoms with van der Waals surface area (Å²) in [4.78, 5) is 0. The van der Waals surface area contributed by atoms with Crippen molar-refractivity contribution in [1.82, 2.24) is 0 Å². The van der Waals surface area contributed by atoms with Gasteiger partial charge in [-0.15, -0.1) is 0 Å². The monoisotopic (exact) mass is 630 g/mol. The van der Waals surface area contributed by atoms with Gasteiger partial charge in [0.25, 0.3) is 0 Å². The maximum absolute atomic E-state index is 2.87. The van der Waals surface area contributed by atoms with E-state index in [-0.39, 0.29) is 0 Å². The number of aryl methyl sites for hydroxylation is 3. The van der Waals surface area contributed by atoms with E-state index >= 15 is 0 Å². The molecule has 0 saturated heterocycles. The maximum Gasteiger partial charge on any atom is 0.155 e. The summed E-state index contributed by atoms with van der Waals surface area (Å²) in [5.74, 6) is 0. The molecule has 0 saturated carbocycles. The van der Waals surface area contributed by atoms with Crippen molar-refractivity contribution in [3.05, 3.63) is 162 Å². The van der Waals surface area contributed by atoms with Crippen LogP contribution in [0.3, 0.4) is 0 Å². The smallest absolute Gasteiger partial charge is 0.0656 e. The van der Waals surface area contributed by atoms with Crippen LogP contribution in [0.4, 0.5) is 0 Å². The molecule has 0 nitrogen and oxygen atoms in total. The molecule has 45 heavy (non-hydrogen) atoms. The first kappa shape index (κ1) is 29.7. The molecular weight excluding hydrogens is 589 g/mol. The van der Waals surface area contributed by atoms with Gasteiger partial charge in [-0.1, -0.05) is 197 Å². The fourth-order valence-electron chi connectivity index (χ4n) is 8.38. The van der Waals surface area contributed by atoms with E-state index < -0.39 is 23.3 Å². The number of hydrogen-bond donors (Lipinski definition) is 0. The maximum atomic E-state index is 2.67. The van der Waals surface area contributed by atoms with Crippen LogP contribution < -0.4 is 36.3 Å². The number of fused-ring (bicyclic) bond motifs is 3. The van der Waals surface area contributed by atoms with Crippen LogP contribution in [-0.4, -0.2) is 23.3 Å². The minimum atomic E-state index is -2.87. The molecule has 6 aromatic carbocycles. The van der Waals surface area contributed by atoms with E-state index in [1.54, 1.807) is 15.6 Å². The third kappa shape index (κ3) is 4.36. The first-order valence-electron chi connectivity index (χ1n) is 16.2. The Hall–Kier alpha value is -4.03. The van der Waals surface area contributed by atoms with Crippen LogP contribution >= 0.6 is 0 Å². The predicted octanol–water partition coefficient (Wildman–Crippen LogP) is 5.86. The van der Waals surface area contributed by atoms with Crippen LogP contribution in [0.25, 0.3) is 11.1 Å². The zero-order chi connectivity index (χ0) is 31.4. The van der Waals surface area contributed by atoms with E-state index in [1.165, 1.54) is 48.6 Å². The highest BCUT2D eigenvalue weighted by Gasteiger charge is 2.65. The largest absolute Gasteiger partial charge is 0.155 e. The summed E-state index contributed by atoms with van der Waals surface area (Å²) in [6.45, 7) is 14.5. The Labute approximate surface area is 272 Å². The van der Waals surface area contributed by atoms with Crippen molar-refractivity contribution < 1.29 is 0 Å². The lowest BCUT2D eigenvalue weighted by molar-refractivity contribution is 1.35. The Morgan fingerprint density at radius 3 is 1.04 bits per heavy atom. The van der Waals surface area contributed by atoms with E-state index in [2.05, 4.69) is 186 Å². The molecule has 0 N–H and O–H groups in total. The van der Waals surface area contributed by atoms with Crippen molar-refractivity contribution in [1.29, 1.82) is 0 Å². The first-order chi connectivity index (χ1) is 21.7. The minimum absolute atomic E-state index is 1.37. The molecule has 1 heterocycles. The van der Waals surface area contributed by atoms with Crippen LogP contribution in [0.2, 0.25) is 19.6 Å². The molecule has 6 aromatic rings. The van der Waals surface area contributed by atoms with Crippen LogP contribution in [0, 0.1) is 20.8 Å². The SMILES string of the molecule is Cc1cc2c(cc1C)[Si](c1ccccc1)(c1ccccc1)[Si](c1ccccc1)(c1ccccc1)c1cc(C)c([Si](C)(C)C)cc1-2. The quantitative estimate of drug-likeness (QED) is 0.210. The fraction of sp³-hybridized carbons (Fsp3) is 0.143. The zero-order valence-electron chi connectivity index (χ0n) is 27.4. The highest BCUT2D eigenvalue weighted by molar-refractivity contribution is 7.68. The Morgan fingerprint density at radius 1 is 0.378 bits per heavy atom. The molecule has 0 spiro atoms. The topological polar surface area (TPSA) is 0 Å². The zero-order valence-corrected chi connectivity index (χ0v) is 30.4. The average Bonchev–Trinajstić information content (AvgIpc) is 3.06. The summed E-state index contributed by atoms with van der Waals surface area (Å²) in [5.41, 5.74) is 7.11. The Balaban J connectivity index is 1.85. The summed E-state index contributed by atoms with van der Waals surface area (Å²) in [7, 11) is -7.35. The molecule has 0 amide bonds. The van der Waals surface area contributed by atoms with E-state index in [9.17, 15) is 0 Å². The van der Waals surface area contributed by atoms with Gasteiger partial charge in [0, 0.05) is 0 Å². The van der Waals surface area contributed by atoms with Crippen molar-refractivity contribution in [2.24, 2.45) is 0 Å². The van der Waals surface area contributed by atoms with Gasteiger partial charge in [0.1, 0.15) is 0 Å². The Bertz CT molecular complexity index is 1910. The van der Waals surface area contributed by atoms with Gasteiger partial charge in [-0.2, -0.15) is 0 Å². The van der Waals surface area contributed by atoms with Gasteiger partial charge in [-0.25, -0.2) is 0 Å². The Morgan fingerprint density at radius 2 is 0.689 bits per heavy atom. The normalized spacial score (nSPS) is 14.8. The van der Waals surface area contributed by atoms with Gasteiger partial charge in [0.2, 0.25) is 0 Å². The van der Waals surface area contributed by atoms with Crippen molar-refractivity contribution in [2.45, 2.75) is 40.4 Å². The molecule has 0 unspecified atom stereocenters. The number of benzene rings is 6. The van der Waals surface area contributed by atoms with Crippen LogP contribution in [0.5, 0.6) is 0 Å². The third-order valence-corrected chi connectivity index (χ3v) is 29.3. The first-order valence-corrected chi connectivity index (χ1v) is 24.7. The molecule has 0 atom stereocenters. The molecule has 3 heteroatoms. The van der Waals surface area contributed by atoms with Crippen LogP contribution in [-0.2, 0) is 0 Å². The van der Waals surface area contributed by atoms with E-state index in [0.29, 0.717) is 0 Å². The fourth-order valence-corrected chi connectivity index (χ4v) is 30.4. The highest BCUT2D eigenvalue weighted by atomic mass is 29.3. The van der Waals surface area contributed by atoms with Gasteiger partial charge in [-0.05, 0) is 53.4 Å². The second kappa shape index (κ2) is 11.1. The summed E-state index contributed by atoms with van der Waals surface area (Å²) >= 11 is 0. The molecule has 0 radical (unpaired) electrons. The van der Waals surface area contributed by atoms with Gasteiger partial charge in [0.05, 0.1) is 8.07 Å². The van der Waals surface area contributed by atoms with Gasteiger partial charge < -0.3 is 0 Å². The summed E-state index contributed by atoms with van der Waals surface area (Å²) in [5, 5.41) is 10.7. The van der Waals surface area contributed by atoms with E-state index in [1.807, 2.05) is 0 Å². The second-order valence-corrected chi connectivity index (χ2v) is 29.8. The minimum Gasteiger partial charge on any atom is -0.0656 e. The standard InChI is InChI=1S/C42H42Si3/c1-31-27-38-39-30-40(43(4,5)6)33(3)29-42(39)45(36-23-15-9-16-24-36,37-25-17-10-18-26-37)44(41(38)28-32(31)2,34-19-11-7-12-20-34)35-21-13-8-14-22-35/h7-30H,1-6H3. The lowest BCUT2D eigenvalue weighted by atomic mass is 9.99. The average molecular weight is 631 g/mol. The molecule has 0 fully saturated rings. The van der Waals surface area contributed by atoms with Gasteiger partial charge in [0.15, 0.2) is 15.2 Å². The number of hydrogen-bond acceptors (Lipinski definition) is 0. The van der Waals surface area contributed by atoms with Crippen molar-refractivity contribution in [3.8, 4) is 11.1 Å². The van der Waals surface area contributed by atoms with Gasteiger partial charge in [-0.3, -0.25) is 0 Å². The van der Waals surface area contributed by atoms with Gasteiger partial charge >= 0.3 is 0 Å². The molecule has 7 rings (SSSR count). The summed E-state index contributed by atoms with van der Waals surface area (Å²) < 4.78 is 0. The summed E-state index contributed by atoms with van der Waals surface area (Å²) in [6, 6.07) is 57.1. The van der Waals surface area contributed by atoms with Crippen LogP contribution in [0.1, 0.15) is 16.7 Å². The molecule has 0 aliphatic carbocycles. The van der Waals surface area contributed by atoms with Crippen molar-refractivity contribution in [2.75, 3.05) is 0 Å². The highest BCUT2D eigenvalue weighted by Crippen LogP contribution is 2.35. The molecule has 0 bridgehead atoms. The third-order valence-electron chi connectivity index (χ3n) is 10.3. The molecular formula is C42H42Si3. The molecule has 1 aliphatic rings. The Kier molecular flexibility index (Phi) is 7.31. The lowest BCUT2D eigenvalue weighted by Crippen LogP contribution is -2.95. The lowest BCUT2D eigenvalue weighted by Gasteiger charge is -2.54. The molecule has 1 aliphatic heterocycles. The van der Waals surface area contributed by atoms with Crippen molar-refractivity contribution >= 4 is 59.6 Å². The molecule has 0 aromatic heterocycles. The number of rotatable bonds is 5. The van der Waals surface area contributed by atoms with Crippen LogP contribution in [0.15, 0.2) is 146 Å². The molecule has 222 valence electrons. The van der Waals surface area contributed by atoms with E-state index in [4.69, 9.17) is 0 Å².